The quantitative estimate of drug-likeness (QED) is 0.757. The molecule has 0 bridgehead atoms. The molecule has 1 rings (SSSR count). The molecule has 17 heavy (non-hydrogen) atoms. The van der Waals surface area contributed by atoms with E-state index in [1.54, 1.807) is 25.2 Å². The van der Waals surface area contributed by atoms with Crippen LogP contribution < -0.4 is 5.32 Å². The Morgan fingerprint density at radius 1 is 1.47 bits per heavy atom. The minimum Gasteiger partial charge on any atom is -0.349 e. The molecule has 1 aromatic heterocycles. The Bertz CT molecular complexity index is 363. The predicted molar refractivity (Wildman–Crippen MR) is 68.6 cm³/mol. The number of nitrogens with one attached hydrogen (secondary N) is 1. The summed E-state index contributed by atoms with van der Waals surface area (Å²) in [4.78, 5) is 17.0. The second-order valence-corrected chi connectivity index (χ2v) is 4.37. The van der Waals surface area contributed by atoms with Gasteiger partial charge in [-0.3, -0.25) is 9.78 Å². The summed E-state index contributed by atoms with van der Waals surface area (Å²) in [6, 6.07) is 2.01. The fourth-order valence-corrected chi connectivity index (χ4v) is 1.49. The summed E-state index contributed by atoms with van der Waals surface area (Å²) in [6.07, 6.45) is 5.16. The fraction of sp³-hybridized carbons (Fsp3) is 0.538. The number of nitrogens with zero attached hydrogens (tertiary/aromatic N) is 2. The van der Waals surface area contributed by atoms with Crippen LogP contribution in [0.25, 0.3) is 0 Å². The van der Waals surface area contributed by atoms with E-state index in [9.17, 15) is 4.79 Å². The highest BCUT2D eigenvalue weighted by Gasteiger charge is 2.02. The zero-order chi connectivity index (χ0) is 12.7. The maximum absolute atomic E-state index is 11.3. The molecule has 0 aromatic carbocycles. The number of aromatic nitrogens is 1. The van der Waals surface area contributed by atoms with Gasteiger partial charge in [-0.2, -0.15) is 0 Å². The zero-order valence-electron chi connectivity index (χ0n) is 10.9. The lowest BCUT2D eigenvalue weighted by Gasteiger charge is -2.10. The maximum atomic E-state index is 11.3. The Balaban J connectivity index is 2.17. The molecule has 0 aliphatic heterocycles. The molecular weight excluding hydrogens is 214 g/mol. The van der Waals surface area contributed by atoms with Crippen LogP contribution in [-0.4, -0.2) is 36.4 Å². The lowest BCUT2D eigenvalue weighted by atomic mass is 10.1. The van der Waals surface area contributed by atoms with E-state index in [4.69, 9.17) is 0 Å². The van der Waals surface area contributed by atoms with Crippen LogP contribution >= 0.6 is 0 Å². The van der Waals surface area contributed by atoms with Gasteiger partial charge in [-0.15, -0.1) is 0 Å². The van der Waals surface area contributed by atoms with Gasteiger partial charge in [0.2, 0.25) is 5.91 Å². The molecule has 1 heterocycles. The summed E-state index contributed by atoms with van der Waals surface area (Å²) >= 11 is 0. The summed E-state index contributed by atoms with van der Waals surface area (Å²) in [5, 5.41) is 3.33. The Hall–Kier alpha value is -1.42. The number of aryl methyl sites for hydroxylation is 1. The Labute approximate surface area is 103 Å². The largest absolute Gasteiger partial charge is 0.349 e. The molecule has 0 aliphatic carbocycles. The van der Waals surface area contributed by atoms with Gasteiger partial charge in [-0.1, -0.05) is 0 Å². The standard InChI is InChI=1S/C13H21N3O/c1-11-6-8-15-10-12(11)9-14-7-4-5-13(17)16(2)3/h6,8,10,14H,4-5,7,9H2,1-3H3. The van der Waals surface area contributed by atoms with Crippen molar-refractivity contribution >= 4 is 5.91 Å². The minimum atomic E-state index is 0.185. The zero-order valence-corrected chi connectivity index (χ0v) is 10.9. The molecule has 4 nitrogen and oxygen atoms in total. The van der Waals surface area contributed by atoms with Crippen LogP contribution in [0.15, 0.2) is 18.5 Å². The van der Waals surface area contributed by atoms with E-state index in [1.165, 1.54) is 11.1 Å². The number of pyridine rings is 1. The van der Waals surface area contributed by atoms with Gasteiger partial charge in [0.05, 0.1) is 0 Å². The van der Waals surface area contributed by atoms with Crippen molar-refractivity contribution in [1.82, 2.24) is 15.2 Å². The summed E-state index contributed by atoms with van der Waals surface area (Å²) in [5.74, 6) is 0.185. The first-order valence-electron chi connectivity index (χ1n) is 5.91. The van der Waals surface area contributed by atoms with Crippen LogP contribution in [0, 0.1) is 6.92 Å². The van der Waals surface area contributed by atoms with Crippen LogP contribution in [0.1, 0.15) is 24.0 Å². The lowest BCUT2D eigenvalue weighted by Crippen LogP contribution is -2.23. The minimum absolute atomic E-state index is 0.185. The molecule has 0 atom stereocenters. The van der Waals surface area contributed by atoms with Gasteiger partial charge >= 0.3 is 0 Å². The van der Waals surface area contributed by atoms with Crippen molar-refractivity contribution in [2.24, 2.45) is 0 Å². The first-order chi connectivity index (χ1) is 8.11. The Morgan fingerprint density at radius 2 is 2.24 bits per heavy atom. The fourth-order valence-electron chi connectivity index (χ4n) is 1.49. The van der Waals surface area contributed by atoms with Gasteiger partial charge < -0.3 is 10.2 Å². The molecule has 0 unspecified atom stereocenters. The van der Waals surface area contributed by atoms with Crippen molar-refractivity contribution in [3.8, 4) is 0 Å². The van der Waals surface area contributed by atoms with Crippen molar-refractivity contribution < 1.29 is 4.79 Å². The predicted octanol–water partition coefficient (Wildman–Crippen LogP) is 1.35. The molecule has 4 heteroatoms. The monoisotopic (exact) mass is 235 g/mol. The molecule has 0 spiro atoms. The molecule has 1 amide bonds. The van der Waals surface area contributed by atoms with Crippen molar-refractivity contribution in [3.05, 3.63) is 29.6 Å². The highest BCUT2D eigenvalue weighted by Crippen LogP contribution is 2.04. The first-order valence-corrected chi connectivity index (χ1v) is 5.91. The number of hydrogen-bond acceptors (Lipinski definition) is 3. The SMILES string of the molecule is Cc1ccncc1CNCCCC(=O)N(C)C. The van der Waals surface area contributed by atoms with E-state index in [0.29, 0.717) is 6.42 Å². The average molecular weight is 235 g/mol. The van der Waals surface area contributed by atoms with E-state index in [1.807, 2.05) is 12.3 Å². The molecule has 0 fully saturated rings. The molecular formula is C13H21N3O. The molecule has 0 aliphatic rings. The highest BCUT2D eigenvalue weighted by atomic mass is 16.2. The summed E-state index contributed by atoms with van der Waals surface area (Å²) < 4.78 is 0. The third kappa shape index (κ3) is 4.95. The summed E-state index contributed by atoms with van der Waals surface area (Å²) in [6.45, 7) is 3.75. The molecule has 0 saturated carbocycles. The van der Waals surface area contributed by atoms with Gasteiger partial charge in [0, 0.05) is 39.5 Å². The van der Waals surface area contributed by atoms with Gasteiger partial charge in [0.1, 0.15) is 0 Å². The smallest absolute Gasteiger partial charge is 0.222 e. The van der Waals surface area contributed by atoms with Crippen molar-refractivity contribution in [3.63, 3.8) is 0 Å². The lowest BCUT2D eigenvalue weighted by molar-refractivity contribution is -0.128. The van der Waals surface area contributed by atoms with Gasteiger partial charge in [0.15, 0.2) is 0 Å². The summed E-state index contributed by atoms with van der Waals surface area (Å²) in [5.41, 5.74) is 2.46. The first kappa shape index (κ1) is 13.6. The van der Waals surface area contributed by atoms with Crippen LogP contribution in [0.5, 0.6) is 0 Å². The molecule has 1 aromatic rings. The van der Waals surface area contributed by atoms with Gasteiger partial charge in [-0.05, 0) is 37.1 Å². The second kappa shape index (κ2) is 7.01. The van der Waals surface area contributed by atoms with Crippen molar-refractivity contribution in [1.29, 1.82) is 0 Å². The average Bonchev–Trinajstić information content (AvgIpc) is 2.30. The van der Waals surface area contributed by atoms with Crippen LogP contribution in [-0.2, 0) is 11.3 Å². The van der Waals surface area contributed by atoms with Crippen LogP contribution in [0.3, 0.4) is 0 Å². The molecule has 0 radical (unpaired) electrons. The number of rotatable bonds is 6. The third-order valence-electron chi connectivity index (χ3n) is 2.71. The van der Waals surface area contributed by atoms with E-state index in [-0.39, 0.29) is 5.91 Å². The normalized spacial score (nSPS) is 10.3. The Morgan fingerprint density at radius 3 is 2.88 bits per heavy atom. The summed E-state index contributed by atoms with van der Waals surface area (Å²) in [7, 11) is 3.57. The number of hydrogen-bond donors (Lipinski definition) is 1. The highest BCUT2D eigenvalue weighted by molar-refractivity contribution is 5.75. The number of carbonyl (C=O) groups is 1. The topological polar surface area (TPSA) is 45.2 Å². The van der Waals surface area contributed by atoms with Crippen molar-refractivity contribution in [2.45, 2.75) is 26.3 Å². The van der Waals surface area contributed by atoms with Crippen LogP contribution in [0.4, 0.5) is 0 Å². The van der Waals surface area contributed by atoms with Crippen molar-refractivity contribution in [2.75, 3.05) is 20.6 Å². The van der Waals surface area contributed by atoms with Crippen LogP contribution in [0.2, 0.25) is 0 Å². The van der Waals surface area contributed by atoms with Gasteiger partial charge in [-0.25, -0.2) is 0 Å². The Kier molecular flexibility index (Phi) is 5.63. The molecule has 1 N–H and O–H groups in total. The third-order valence-corrected chi connectivity index (χ3v) is 2.71. The van der Waals surface area contributed by atoms with E-state index in [2.05, 4.69) is 17.2 Å². The van der Waals surface area contributed by atoms with E-state index in [0.717, 1.165) is 19.5 Å². The van der Waals surface area contributed by atoms with E-state index < -0.39 is 0 Å². The van der Waals surface area contributed by atoms with E-state index >= 15 is 0 Å². The number of amides is 1. The molecule has 0 saturated heterocycles. The second-order valence-electron chi connectivity index (χ2n) is 4.37. The number of carbonyl (C=O) groups excluding carboxylic acids is 1. The maximum Gasteiger partial charge on any atom is 0.222 e. The molecule has 94 valence electrons. The van der Waals surface area contributed by atoms with Gasteiger partial charge in [0.25, 0.3) is 0 Å².